The summed E-state index contributed by atoms with van der Waals surface area (Å²) in [6, 6.07) is 0. The minimum atomic E-state index is -1.19. The molecule has 0 radical (unpaired) electrons. The molecule has 2 unspecified atom stereocenters. The van der Waals surface area contributed by atoms with Gasteiger partial charge in [-0.2, -0.15) is 0 Å². The summed E-state index contributed by atoms with van der Waals surface area (Å²) >= 11 is 3.69. The van der Waals surface area contributed by atoms with E-state index in [0.717, 1.165) is 12.8 Å². The monoisotopic (exact) mass is 280 g/mol. The molecule has 0 fully saturated rings. The molecule has 0 aromatic rings. The quantitative estimate of drug-likeness (QED) is 0.439. The normalized spacial score (nSPS) is 16.1. The van der Waals surface area contributed by atoms with Crippen LogP contribution in [0.2, 0.25) is 19.6 Å². The Bertz CT molecular complexity index is 189. The molecule has 2 nitrogen and oxygen atoms in total. The molecule has 4 heteroatoms. The number of methoxy groups -OCH3 is 1. The van der Waals surface area contributed by atoms with Crippen LogP contribution in [-0.2, 0) is 9.53 Å². The van der Waals surface area contributed by atoms with E-state index in [-0.39, 0.29) is 11.9 Å². The van der Waals surface area contributed by atoms with Crippen molar-refractivity contribution in [3.8, 4) is 0 Å². The van der Waals surface area contributed by atoms with Gasteiger partial charge < -0.3 is 4.74 Å². The molecule has 0 aliphatic rings. The summed E-state index contributed by atoms with van der Waals surface area (Å²) in [4.78, 5) is 11.4. The van der Waals surface area contributed by atoms with E-state index < -0.39 is 8.07 Å². The van der Waals surface area contributed by atoms with Gasteiger partial charge in [-0.15, -0.1) is 0 Å². The van der Waals surface area contributed by atoms with E-state index in [1.165, 1.54) is 7.11 Å². The van der Waals surface area contributed by atoms with Gasteiger partial charge in [0.15, 0.2) is 0 Å². The largest absolute Gasteiger partial charge is 0.469 e. The number of carbonyl (C=O) groups excluding carboxylic acids is 1. The third-order valence-corrected chi connectivity index (χ3v) is 9.07. The molecule has 0 amide bonds. The molecule has 0 aromatic heterocycles. The molecule has 0 aliphatic carbocycles. The first kappa shape index (κ1) is 14.2. The molecule has 0 rings (SSSR count). The Balaban J connectivity index is 4.26. The van der Waals surface area contributed by atoms with Crippen LogP contribution in [0.1, 0.15) is 19.8 Å². The van der Waals surface area contributed by atoms with Crippen molar-refractivity contribution < 1.29 is 9.53 Å². The van der Waals surface area contributed by atoms with Crippen LogP contribution in [0.3, 0.4) is 0 Å². The minimum absolute atomic E-state index is 0.0519. The summed E-state index contributed by atoms with van der Waals surface area (Å²) in [5.41, 5.74) is 0. The van der Waals surface area contributed by atoms with Crippen LogP contribution < -0.4 is 0 Å². The van der Waals surface area contributed by atoms with Gasteiger partial charge in [-0.05, 0) is 12.8 Å². The number of rotatable bonds is 5. The topological polar surface area (TPSA) is 26.3 Å². The van der Waals surface area contributed by atoms with Crippen molar-refractivity contribution in [2.24, 2.45) is 5.92 Å². The van der Waals surface area contributed by atoms with E-state index in [4.69, 9.17) is 4.74 Å². The Morgan fingerprint density at radius 3 is 2.21 bits per heavy atom. The van der Waals surface area contributed by atoms with Gasteiger partial charge in [0, 0.05) is 4.45 Å². The Labute approximate surface area is 96.5 Å². The van der Waals surface area contributed by atoms with E-state index in [1.807, 2.05) is 6.92 Å². The summed E-state index contributed by atoms with van der Waals surface area (Å²) in [5.74, 6) is -0.0219. The third-order valence-electron chi connectivity index (χ3n) is 2.46. The molecular weight excluding hydrogens is 260 g/mol. The summed E-state index contributed by atoms with van der Waals surface area (Å²) in [6.45, 7) is 8.94. The second kappa shape index (κ2) is 5.91. The maximum atomic E-state index is 11.4. The molecule has 84 valence electrons. The molecule has 0 aromatic carbocycles. The van der Waals surface area contributed by atoms with Crippen LogP contribution in [0.25, 0.3) is 0 Å². The molecule has 0 aliphatic heterocycles. The van der Waals surface area contributed by atoms with E-state index in [1.54, 1.807) is 0 Å². The van der Waals surface area contributed by atoms with Crippen molar-refractivity contribution in [2.45, 2.75) is 43.9 Å². The zero-order valence-corrected chi connectivity index (χ0v) is 12.3. The Morgan fingerprint density at radius 1 is 1.43 bits per heavy atom. The molecule has 0 spiro atoms. The maximum absolute atomic E-state index is 11.4. The summed E-state index contributed by atoms with van der Waals surface area (Å²) < 4.78 is 5.26. The van der Waals surface area contributed by atoms with Gasteiger partial charge in [-0.1, -0.05) is 42.5 Å². The van der Waals surface area contributed by atoms with E-state index in [9.17, 15) is 4.79 Å². The maximum Gasteiger partial charge on any atom is 0.308 e. The highest BCUT2D eigenvalue weighted by molar-refractivity contribution is 9.10. The van der Waals surface area contributed by atoms with Crippen molar-refractivity contribution in [2.75, 3.05) is 7.11 Å². The molecule has 0 saturated heterocycles. The second-order valence-corrected chi connectivity index (χ2v) is 12.1. The fraction of sp³-hybridized carbons (Fsp3) is 0.900. The predicted molar refractivity (Wildman–Crippen MR) is 66.5 cm³/mol. The lowest BCUT2D eigenvalue weighted by Gasteiger charge is -2.26. The number of esters is 1. The Hall–Kier alpha value is 0.167. The van der Waals surface area contributed by atoms with Crippen molar-refractivity contribution in [1.82, 2.24) is 0 Å². The predicted octanol–water partition coefficient (Wildman–Crippen LogP) is 3.22. The fourth-order valence-electron chi connectivity index (χ4n) is 1.20. The highest BCUT2D eigenvalue weighted by Gasteiger charge is 2.29. The van der Waals surface area contributed by atoms with Gasteiger partial charge in [-0.3, -0.25) is 4.79 Å². The molecule has 0 saturated carbocycles. The third kappa shape index (κ3) is 4.60. The standard InChI is InChI=1S/C10H21BrO2Si/c1-6-8(10(12)13-2)7-9(11)14(3,4)5/h8-9H,6-7H2,1-5H3. The van der Waals surface area contributed by atoms with Crippen LogP contribution in [-0.4, -0.2) is 25.6 Å². The summed E-state index contributed by atoms with van der Waals surface area (Å²) in [5, 5.41) is 0. The van der Waals surface area contributed by atoms with Gasteiger partial charge in [0.25, 0.3) is 0 Å². The number of hydrogen-bond donors (Lipinski definition) is 0. The van der Waals surface area contributed by atoms with E-state index in [0.29, 0.717) is 4.45 Å². The Kier molecular flexibility index (Phi) is 5.98. The highest BCUT2D eigenvalue weighted by Crippen LogP contribution is 2.25. The van der Waals surface area contributed by atoms with E-state index in [2.05, 4.69) is 35.6 Å². The van der Waals surface area contributed by atoms with Gasteiger partial charge in [-0.25, -0.2) is 0 Å². The first-order chi connectivity index (χ1) is 6.32. The van der Waals surface area contributed by atoms with Gasteiger partial charge in [0.05, 0.1) is 21.1 Å². The smallest absolute Gasteiger partial charge is 0.308 e. The van der Waals surface area contributed by atoms with Crippen LogP contribution in [0.15, 0.2) is 0 Å². The number of alkyl halides is 1. The highest BCUT2D eigenvalue weighted by atomic mass is 79.9. The van der Waals surface area contributed by atoms with Crippen molar-refractivity contribution >= 4 is 30.0 Å². The van der Waals surface area contributed by atoms with Crippen LogP contribution in [0.5, 0.6) is 0 Å². The molecule has 0 heterocycles. The molecule has 14 heavy (non-hydrogen) atoms. The van der Waals surface area contributed by atoms with E-state index >= 15 is 0 Å². The first-order valence-electron chi connectivity index (χ1n) is 5.04. The number of carbonyl (C=O) groups is 1. The SMILES string of the molecule is CCC(CC(Br)[Si](C)(C)C)C(=O)OC. The molecule has 0 N–H and O–H groups in total. The number of hydrogen-bond acceptors (Lipinski definition) is 2. The van der Waals surface area contributed by atoms with Crippen molar-refractivity contribution in [1.29, 1.82) is 0 Å². The second-order valence-electron chi connectivity index (χ2n) is 4.70. The number of ether oxygens (including phenoxy) is 1. The van der Waals surface area contributed by atoms with Gasteiger partial charge in [0.2, 0.25) is 0 Å². The first-order valence-corrected chi connectivity index (χ1v) is 9.54. The lowest BCUT2D eigenvalue weighted by atomic mass is 10.0. The average molecular weight is 281 g/mol. The van der Waals surface area contributed by atoms with Gasteiger partial charge >= 0.3 is 5.97 Å². The Morgan fingerprint density at radius 2 is 1.93 bits per heavy atom. The van der Waals surface area contributed by atoms with Gasteiger partial charge in [0.1, 0.15) is 0 Å². The lowest BCUT2D eigenvalue weighted by molar-refractivity contribution is -0.145. The number of halogens is 1. The summed E-state index contributed by atoms with van der Waals surface area (Å²) in [7, 11) is 0.272. The minimum Gasteiger partial charge on any atom is -0.469 e. The van der Waals surface area contributed by atoms with Crippen molar-refractivity contribution in [3.05, 3.63) is 0 Å². The van der Waals surface area contributed by atoms with Crippen LogP contribution in [0, 0.1) is 5.92 Å². The molecule has 2 atom stereocenters. The average Bonchev–Trinajstić information content (AvgIpc) is 2.10. The van der Waals surface area contributed by atoms with Crippen LogP contribution in [0.4, 0.5) is 0 Å². The molecule has 0 bridgehead atoms. The zero-order chi connectivity index (χ0) is 11.4. The molecular formula is C10H21BrO2Si. The van der Waals surface area contributed by atoms with Crippen molar-refractivity contribution in [3.63, 3.8) is 0 Å². The summed E-state index contributed by atoms with van der Waals surface area (Å²) in [6.07, 6.45) is 1.76. The fourth-order valence-corrected chi connectivity index (χ4v) is 2.64. The zero-order valence-electron chi connectivity index (χ0n) is 9.76. The lowest BCUT2D eigenvalue weighted by Crippen LogP contribution is -2.36. The van der Waals surface area contributed by atoms with Crippen LogP contribution >= 0.6 is 15.9 Å².